The van der Waals surface area contributed by atoms with Crippen LogP contribution >= 0.6 is 0 Å². The summed E-state index contributed by atoms with van der Waals surface area (Å²) in [4.78, 5) is 11.3. The minimum atomic E-state index is -0.682. The zero-order valence-corrected chi connectivity index (χ0v) is 8.91. The second kappa shape index (κ2) is 3.55. The van der Waals surface area contributed by atoms with E-state index in [1.807, 2.05) is 0 Å². The number of nitrogens with zero attached hydrogens (tertiary/aromatic N) is 1. The molecule has 0 bridgehead atoms. The lowest BCUT2D eigenvalue weighted by Gasteiger charge is -2.08. The monoisotopic (exact) mass is 236 g/mol. The number of rotatable bonds is 2. The molecule has 1 aromatic heterocycles. The number of benzene rings is 1. The normalized spacial score (nSPS) is 15.2. The van der Waals surface area contributed by atoms with Crippen LogP contribution in [0.4, 0.5) is 8.78 Å². The highest BCUT2D eigenvalue weighted by molar-refractivity contribution is 5.36. The van der Waals surface area contributed by atoms with Gasteiger partial charge in [-0.2, -0.15) is 0 Å². The lowest BCUT2D eigenvalue weighted by Crippen LogP contribution is -2.07. The van der Waals surface area contributed by atoms with E-state index in [1.54, 1.807) is 0 Å². The first kappa shape index (κ1) is 10.3. The lowest BCUT2D eigenvalue weighted by atomic mass is 10.2. The number of aromatic amines is 1. The van der Waals surface area contributed by atoms with E-state index in [1.165, 1.54) is 22.9 Å². The van der Waals surface area contributed by atoms with Gasteiger partial charge < -0.3 is 0 Å². The van der Waals surface area contributed by atoms with Crippen LogP contribution < -0.4 is 5.56 Å². The molecule has 5 heteroatoms. The molecule has 1 fully saturated rings. The van der Waals surface area contributed by atoms with Gasteiger partial charge in [0.2, 0.25) is 0 Å². The van der Waals surface area contributed by atoms with E-state index < -0.39 is 11.6 Å². The van der Waals surface area contributed by atoms with Gasteiger partial charge in [0, 0.05) is 23.7 Å². The molecule has 0 saturated heterocycles. The van der Waals surface area contributed by atoms with Gasteiger partial charge >= 0.3 is 0 Å². The Hall–Kier alpha value is -1.91. The van der Waals surface area contributed by atoms with Crippen molar-refractivity contribution in [3.63, 3.8) is 0 Å². The molecule has 88 valence electrons. The van der Waals surface area contributed by atoms with Crippen molar-refractivity contribution in [2.45, 2.75) is 18.8 Å². The summed E-state index contributed by atoms with van der Waals surface area (Å²) in [7, 11) is 0. The van der Waals surface area contributed by atoms with Gasteiger partial charge in [-0.15, -0.1) is 0 Å². The Balaban J connectivity index is 2.17. The molecule has 0 unspecified atom stereocenters. The summed E-state index contributed by atoms with van der Waals surface area (Å²) in [5, 5.41) is 2.54. The molecule has 0 aliphatic heterocycles. The van der Waals surface area contributed by atoms with Crippen molar-refractivity contribution in [3.05, 3.63) is 51.9 Å². The van der Waals surface area contributed by atoms with E-state index in [0.29, 0.717) is 5.92 Å². The number of hydrogen-bond donors (Lipinski definition) is 1. The van der Waals surface area contributed by atoms with Gasteiger partial charge in [0.1, 0.15) is 5.82 Å². The number of halogens is 2. The second-order valence-electron chi connectivity index (χ2n) is 4.25. The number of nitrogens with one attached hydrogen (secondary N) is 1. The summed E-state index contributed by atoms with van der Waals surface area (Å²) < 4.78 is 27.9. The third-order valence-electron chi connectivity index (χ3n) is 2.91. The highest BCUT2D eigenvalue weighted by atomic mass is 19.1. The Morgan fingerprint density at radius 1 is 1.24 bits per heavy atom. The topological polar surface area (TPSA) is 37.8 Å². The largest absolute Gasteiger partial charge is 0.268 e. The summed E-state index contributed by atoms with van der Waals surface area (Å²) in [6.07, 6.45) is 2.00. The number of hydrogen-bond acceptors (Lipinski definition) is 1. The van der Waals surface area contributed by atoms with Crippen LogP contribution in [0.15, 0.2) is 29.1 Å². The maximum Gasteiger partial charge on any atom is 0.264 e. The Labute approximate surface area is 95.7 Å². The first-order valence-electron chi connectivity index (χ1n) is 5.42. The van der Waals surface area contributed by atoms with Gasteiger partial charge in [0.15, 0.2) is 5.82 Å². The number of H-pyrrole nitrogens is 1. The van der Waals surface area contributed by atoms with Crippen LogP contribution in [-0.4, -0.2) is 9.78 Å². The van der Waals surface area contributed by atoms with Gasteiger partial charge in [0.25, 0.3) is 5.56 Å². The van der Waals surface area contributed by atoms with Gasteiger partial charge in [-0.1, -0.05) is 0 Å². The van der Waals surface area contributed by atoms with E-state index in [4.69, 9.17) is 0 Å². The Morgan fingerprint density at radius 3 is 2.65 bits per heavy atom. The van der Waals surface area contributed by atoms with Crippen molar-refractivity contribution < 1.29 is 8.78 Å². The van der Waals surface area contributed by atoms with Gasteiger partial charge in [-0.3, -0.25) is 14.6 Å². The first-order chi connectivity index (χ1) is 8.15. The highest BCUT2D eigenvalue weighted by Gasteiger charge is 2.28. The van der Waals surface area contributed by atoms with Crippen molar-refractivity contribution in [1.82, 2.24) is 9.78 Å². The molecule has 1 heterocycles. The Morgan fingerprint density at radius 2 is 2.00 bits per heavy atom. The molecule has 0 radical (unpaired) electrons. The van der Waals surface area contributed by atoms with Crippen molar-refractivity contribution in [3.8, 4) is 5.69 Å². The fourth-order valence-electron chi connectivity index (χ4n) is 1.95. The minimum Gasteiger partial charge on any atom is -0.268 e. The van der Waals surface area contributed by atoms with E-state index in [-0.39, 0.29) is 11.2 Å². The quantitative estimate of drug-likeness (QED) is 0.853. The molecule has 0 spiro atoms. The van der Waals surface area contributed by atoms with Crippen LogP contribution in [0, 0.1) is 11.6 Å². The van der Waals surface area contributed by atoms with Crippen molar-refractivity contribution in [2.75, 3.05) is 0 Å². The molecule has 1 saturated carbocycles. The average molecular weight is 236 g/mol. The molecule has 3 nitrogen and oxygen atoms in total. The second-order valence-corrected chi connectivity index (χ2v) is 4.25. The zero-order chi connectivity index (χ0) is 12.0. The fourth-order valence-corrected chi connectivity index (χ4v) is 1.95. The van der Waals surface area contributed by atoms with E-state index in [9.17, 15) is 13.6 Å². The lowest BCUT2D eigenvalue weighted by molar-refractivity contribution is 0.571. The van der Waals surface area contributed by atoms with E-state index in [2.05, 4.69) is 5.10 Å². The molecule has 1 N–H and O–H groups in total. The Bertz CT molecular complexity index is 626. The zero-order valence-electron chi connectivity index (χ0n) is 8.91. The van der Waals surface area contributed by atoms with E-state index in [0.717, 1.165) is 24.6 Å². The fraction of sp³-hybridized carbons (Fsp3) is 0.250. The summed E-state index contributed by atoms with van der Waals surface area (Å²) >= 11 is 0. The van der Waals surface area contributed by atoms with Crippen molar-refractivity contribution in [2.24, 2.45) is 0 Å². The molecule has 1 aliphatic carbocycles. The van der Waals surface area contributed by atoms with Crippen LogP contribution in [0.5, 0.6) is 0 Å². The smallest absolute Gasteiger partial charge is 0.264 e. The minimum absolute atomic E-state index is 0.176. The molecular weight excluding hydrogens is 226 g/mol. The van der Waals surface area contributed by atoms with Gasteiger partial charge in [-0.25, -0.2) is 8.78 Å². The van der Waals surface area contributed by atoms with Crippen molar-refractivity contribution in [1.29, 1.82) is 0 Å². The molecule has 0 atom stereocenters. The first-order valence-corrected chi connectivity index (χ1v) is 5.42. The standard InChI is InChI=1S/C12H10F2N2O/c13-8-3-4-10(9(14)5-8)16-11(7-1-2-7)6-12(17)15-16/h3-7H,1-2H2,(H,15,17). The van der Waals surface area contributed by atoms with Crippen LogP contribution in [0.3, 0.4) is 0 Å². The summed E-state index contributed by atoms with van der Waals surface area (Å²) in [5.74, 6) is -1.01. The molecule has 3 rings (SSSR count). The van der Waals surface area contributed by atoms with E-state index >= 15 is 0 Å². The van der Waals surface area contributed by atoms with Crippen LogP contribution in [0.25, 0.3) is 5.69 Å². The molecule has 17 heavy (non-hydrogen) atoms. The summed E-state index contributed by atoms with van der Waals surface area (Å²) in [6.45, 7) is 0. The summed E-state index contributed by atoms with van der Waals surface area (Å²) in [5.41, 5.74) is 0.673. The third kappa shape index (κ3) is 1.77. The average Bonchev–Trinajstić information content (AvgIpc) is 3.03. The van der Waals surface area contributed by atoms with Crippen LogP contribution in [0.2, 0.25) is 0 Å². The number of aromatic nitrogens is 2. The third-order valence-corrected chi connectivity index (χ3v) is 2.91. The maximum absolute atomic E-state index is 13.6. The molecular formula is C12H10F2N2O. The highest BCUT2D eigenvalue weighted by Crippen LogP contribution is 2.40. The van der Waals surface area contributed by atoms with Crippen molar-refractivity contribution >= 4 is 0 Å². The Kier molecular flexibility index (Phi) is 2.14. The molecule has 0 amide bonds. The van der Waals surface area contributed by atoms with Gasteiger partial charge in [-0.05, 0) is 25.0 Å². The van der Waals surface area contributed by atoms with Crippen LogP contribution in [-0.2, 0) is 0 Å². The van der Waals surface area contributed by atoms with Crippen LogP contribution in [0.1, 0.15) is 24.5 Å². The maximum atomic E-state index is 13.6. The molecule has 1 aromatic carbocycles. The molecule has 1 aliphatic rings. The summed E-state index contributed by atoms with van der Waals surface area (Å²) in [6, 6.07) is 4.78. The predicted octanol–water partition coefficient (Wildman–Crippen LogP) is 2.32. The predicted molar refractivity (Wildman–Crippen MR) is 58.3 cm³/mol. The molecule has 2 aromatic rings. The SMILES string of the molecule is O=c1cc(C2CC2)n(-c2ccc(F)cc2F)[nH]1. The van der Waals surface area contributed by atoms with Gasteiger partial charge in [0.05, 0.1) is 5.69 Å².